The molecule has 1 aliphatic rings. The number of piperidine rings is 1. The van der Waals surface area contributed by atoms with Crippen LogP contribution in [-0.4, -0.2) is 36.6 Å². The van der Waals surface area contributed by atoms with Crippen molar-refractivity contribution in [1.82, 2.24) is 15.6 Å². The lowest BCUT2D eigenvalue weighted by molar-refractivity contribution is 0.0931. The van der Waals surface area contributed by atoms with Gasteiger partial charge in [0.25, 0.3) is 5.91 Å². The number of hydrogen-bond donors (Lipinski definition) is 3. The molecule has 2 heterocycles. The quantitative estimate of drug-likeness (QED) is 0.676. The molecule has 1 amide bonds. The maximum absolute atomic E-state index is 12.6. The molecule has 0 spiro atoms. The van der Waals surface area contributed by atoms with Crippen LogP contribution in [0.15, 0.2) is 42.6 Å². The first-order valence-corrected chi connectivity index (χ1v) is 8.72. The highest BCUT2D eigenvalue weighted by atomic mass is 35.5. The number of nitrogens with zero attached hydrogens (tertiary/aromatic N) is 1. The first-order valence-electron chi connectivity index (χ1n) is 8.72. The van der Waals surface area contributed by atoms with E-state index in [0.29, 0.717) is 18.0 Å². The molecular formula is C19H26Cl2N4O2. The van der Waals surface area contributed by atoms with Crippen LogP contribution in [0.4, 0.5) is 11.5 Å². The number of amides is 1. The molecule has 27 heavy (non-hydrogen) atoms. The van der Waals surface area contributed by atoms with E-state index in [1.807, 2.05) is 31.2 Å². The second-order valence-corrected chi connectivity index (χ2v) is 6.00. The van der Waals surface area contributed by atoms with Crippen molar-refractivity contribution >= 4 is 42.2 Å². The predicted molar refractivity (Wildman–Crippen MR) is 113 cm³/mol. The summed E-state index contributed by atoms with van der Waals surface area (Å²) < 4.78 is 5.44. The van der Waals surface area contributed by atoms with Crippen LogP contribution in [0.5, 0.6) is 5.75 Å². The number of rotatable bonds is 6. The summed E-state index contributed by atoms with van der Waals surface area (Å²) in [4.78, 5) is 17.0. The van der Waals surface area contributed by atoms with Gasteiger partial charge in [-0.3, -0.25) is 4.79 Å². The number of ether oxygens (including phenoxy) is 1. The number of aromatic nitrogens is 1. The van der Waals surface area contributed by atoms with Crippen LogP contribution < -0.4 is 20.7 Å². The zero-order valence-corrected chi connectivity index (χ0v) is 16.9. The smallest absolute Gasteiger partial charge is 0.255 e. The van der Waals surface area contributed by atoms with E-state index in [9.17, 15) is 4.79 Å². The van der Waals surface area contributed by atoms with E-state index in [4.69, 9.17) is 4.74 Å². The van der Waals surface area contributed by atoms with E-state index in [1.165, 1.54) is 0 Å². The summed E-state index contributed by atoms with van der Waals surface area (Å²) >= 11 is 0. The minimum absolute atomic E-state index is 0. The molecule has 3 rings (SSSR count). The lowest BCUT2D eigenvalue weighted by Gasteiger charge is -2.24. The molecule has 0 radical (unpaired) electrons. The molecule has 1 aromatic heterocycles. The standard InChI is InChI=1S/C19H24N4O2.2ClH/c1-2-25-16-9-7-14(8-10-16)22-18-17(6-4-12-21-18)19(24)23-15-5-3-11-20-13-15;;/h4,6-10,12,15,20H,2-3,5,11,13H2,1H3,(H,21,22)(H,23,24);2*1H/t15-;;/m0../s1. The molecule has 0 aliphatic carbocycles. The number of benzene rings is 1. The summed E-state index contributed by atoms with van der Waals surface area (Å²) in [5.74, 6) is 1.26. The van der Waals surface area contributed by atoms with Crippen molar-refractivity contribution < 1.29 is 9.53 Å². The van der Waals surface area contributed by atoms with Gasteiger partial charge in [0.2, 0.25) is 0 Å². The Balaban J connectivity index is 0.00000182. The summed E-state index contributed by atoms with van der Waals surface area (Å²) in [6.07, 6.45) is 3.76. The third-order valence-corrected chi connectivity index (χ3v) is 4.11. The Labute approximate surface area is 172 Å². The van der Waals surface area contributed by atoms with Crippen molar-refractivity contribution in [2.45, 2.75) is 25.8 Å². The lowest BCUT2D eigenvalue weighted by atomic mass is 10.1. The molecule has 2 aromatic rings. The number of nitrogens with one attached hydrogen (secondary N) is 3. The van der Waals surface area contributed by atoms with Gasteiger partial charge in [-0.25, -0.2) is 4.98 Å². The van der Waals surface area contributed by atoms with Gasteiger partial charge in [-0.15, -0.1) is 24.8 Å². The second-order valence-electron chi connectivity index (χ2n) is 6.00. The fraction of sp³-hybridized carbons (Fsp3) is 0.368. The van der Waals surface area contributed by atoms with Crippen LogP contribution in [0.1, 0.15) is 30.1 Å². The number of halogens is 2. The monoisotopic (exact) mass is 412 g/mol. The highest BCUT2D eigenvalue weighted by Crippen LogP contribution is 2.21. The van der Waals surface area contributed by atoms with Gasteiger partial charge in [0, 0.05) is 24.5 Å². The van der Waals surface area contributed by atoms with E-state index >= 15 is 0 Å². The zero-order chi connectivity index (χ0) is 17.5. The van der Waals surface area contributed by atoms with Crippen molar-refractivity contribution in [2.75, 3.05) is 25.0 Å². The van der Waals surface area contributed by atoms with Crippen molar-refractivity contribution in [3.05, 3.63) is 48.2 Å². The summed E-state index contributed by atoms with van der Waals surface area (Å²) in [6.45, 7) is 4.41. The summed E-state index contributed by atoms with van der Waals surface area (Å²) in [6, 6.07) is 11.3. The average Bonchev–Trinajstić information content (AvgIpc) is 2.65. The highest BCUT2D eigenvalue weighted by Gasteiger charge is 2.18. The van der Waals surface area contributed by atoms with Crippen LogP contribution in [0.3, 0.4) is 0 Å². The van der Waals surface area contributed by atoms with Crippen molar-refractivity contribution in [3.63, 3.8) is 0 Å². The molecule has 148 valence electrons. The minimum Gasteiger partial charge on any atom is -0.494 e. The lowest BCUT2D eigenvalue weighted by Crippen LogP contribution is -2.45. The Hall–Kier alpha value is -2.02. The molecule has 0 bridgehead atoms. The van der Waals surface area contributed by atoms with E-state index in [0.717, 1.165) is 37.4 Å². The van der Waals surface area contributed by atoms with Crippen molar-refractivity contribution in [1.29, 1.82) is 0 Å². The molecule has 1 aliphatic heterocycles. The third kappa shape index (κ3) is 6.57. The van der Waals surface area contributed by atoms with Crippen LogP contribution in [-0.2, 0) is 0 Å². The maximum atomic E-state index is 12.6. The predicted octanol–water partition coefficient (Wildman–Crippen LogP) is 3.55. The van der Waals surface area contributed by atoms with Gasteiger partial charge in [-0.05, 0) is 62.7 Å². The number of carbonyl (C=O) groups excluding carboxylic acids is 1. The van der Waals surface area contributed by atoms with Gasteiger partial charge in [0.05, 0.1) is 12.2 Å². The number of carbonyl (C=O) groups is 1. The minimum atomic E-state index is -0.102. The summed E-state index contributed by atoms with van der Waals surface area (Å²) in [5, 5.41) is 9.61. The molecule has 3 N–H and O–H groups in total. The number of hydrogen-bond acceptors (Lipinski definition) is 5. The average molecular weight is 413 g/mol. The van der Waals surface area contributed by atoms with Crippen molar-refractivity contribution in [2.24, 2.45) is 0 Å². The van der Waals surface area contributed by atoms with Crippen LogP contribution in [0.25, 0.3) is 0 Å². The molecule has 1 fully saturated rings. The Morgan fingerprint density at radius 1 is 1.26 bits per heavy atom. The van der Waals surface area contributed by atoms with Crippen LogP contribution >= 0.6 is 24.8 Å². The van der Waals surface area contributed by atoms with Gasteiger partial charge in [0.1, 0.15) is 11.6 Å². The van der Waals surface area contributed by atoms with E-state index in [1.54, 1.807) is 18.3 Å². The molecule has 1 saturated heterocycles. The first-order chi connectivity index (χ1) is 12.3. The van der Waals surface area contributed by atoms with Gasteiger partial charge < -0.3 is 20.7 Å². The third-order valence-electron chi connectivity index (χ3n) is 4.11. The number of pyridine rings is 1. The largest absolute Gasteiger partial charge is 0.494 e. The molecule has 6 nitrogen and oxygen atoms in total. The molecule has 8 heteroatoms. The van der Waals surface area contributed by atoms with Gasteiger partial charge in [-0.1, -0.05) is 0 Å². The first kappa shape index (κ1) is 23.0. The van der Waals surface area contributed by atoms with Crippen molar-refractivity contribution in [3.8, 4) is 5.75 Å². The van der Waals surface area contributed by atoms with Gasteiger partial charge >= 0.3 is 0 Å². The molecule has 0 unspecified atom stereocenters. The van der Waals surface area contributed by atoms with Gasteiger partial charge in [-0.2, -0.15) is 0 Å². The SMILES string of the molecule is CCOc1ccc(Nc2ncccc2C(=O)N[C@H]2CCCNC2)cc1.Cl.Cl. The van der Waals surface area contributed by atoms with Crippen LogP contribution in [0.2, 0.25) is 0 Å². The molecule has 0 saturated carbocycles. The topological polar surface area (TPSA) is 75.3 Å². The Bertz CT molecular complexity index is 707. The molecule has 1 atom stereocenters. The normalized spacial score (nSPS) is 15.7. The van der Waals surface area contributed by atoms with E-state index < -0.39 is 0 Å². The van der Waals surface area contributed by atoms with E-state index in [-0.39, 0.29) is 36.8 Å². The fourth-order valence-corrected chi connectivity index (χ4v) is 2.86. The fourth-order valence-electron chi connectivity index (χ4n) is 2.86. The highest BCUT2D eigenvalue weighted by molar-refractivity contribution is 5.99. The Morgan fingerprint density at radius 3 is 2.70 bits per heavy atom. The van der Waals surface area contributed by atoms with E-state index in [2.05, 4.69) is 20.9 Å². The summed E-state index contributed by atoms with van der Waals surface area (Å²) in [5.41, 5.74) is 1.40. The van der Waals surface area contributed by atoms with Gasteiger partial charge in [0.15, 0.2) is 0 Å². The summed E-state index contributed by atoms with van der Waals surface area (Å²) in [7, 11) is 0. The second kappa shape index (κ2) is 11.6. The Kier molecular flexibility index (Phi) is 9.93. The molecule has 1 aromatic carbocycles. The zero-order valence-electron chi connectivity index (χ0n) is 15.2. The maximum Gasteiger partial charge on any atom is 0.255 e. The molecular weight excluding hydrogens is 387 g/mol. The Morgan fingerprint density at radius 2 is 2.04 bits per heavy atom. The number of anilines is 2. The van der Waals surface area contributed by atoms with Crippen LogP contribution in [0, 0.1) is 0 Å².